The van der Waals surface area contributed by atoms with Crippen LogP contribution in [0.15, 0.2) is 35.8 Å². The molecule has 98 valence electrons. The summed E-state index contributed by atoms with van der Waals surface area (Å²) in [5.41, 5.74) is 1.03. The molecular formula is C12H10FN3O2S. The van der Waals surface area contributed by atoms with E-state index in [1.54, 1.807) is 12.1 Å². The summed E-state index contributed by atoms with van der Waals surface area (Å²) in [4.78, 5) is 14.3. The van der Waals surface area contributed by atoms with E-state index in [0.29, 0.717) is 22.0 Å². The van der Waals surface area contributed by atoms with Crippen molar-refractivity contribution in [2.24, 2.45) is 0 Å². The van der Waals surface area contributed by atoms with Gasteiger partial charge in [0.2, 0.25) is 0 Å². The van der Waals surface area contributed by atoms with Crippen LogP contribution in [0.25, 0.3) is 6.08 Å². The highest BCUT2D eigenvalue weighted by molar-refractivity contribution is 7.98. The minimum Gasteiger partial charge on any atom is -0.478 e. The van der Waals surface area contributed by atoms with Crippen LogP contribution in [0.5, 0.6) is 0 Å². The lowest BCUT2D eigenvalue weighted by atomic mass is 10.1. The SMILES string of the molecule is O=C(O)/C=C/c1ccc(CSc2ncn[nH]2)c(F)c1. The molecule has 0 atom stereocenters. The van der Waals surface area contributed by atoms with Gasteiger partial charge < -0.3 is 5.11 Å². The molecule has 0 saturated heterocycles. The molecule has 0 aliphatic heterocycles. The largest absolute Gasteiger partial charge is 0.478 e. The number of benzene rings is 1. The quantitative estimate of drug-likeness (QED) is 0.648. The van der Waals surface area contributed by atoms with Crippen molar-refractivity contribution in [3.8, 4) is 0 Å². The van der Waals surface area contributed by atoms with E-state index in [0.717, 1.165) is 6.08 Å². The van der Waals surface area contributed by atoms with E-state index in [-0.39, 0.29) is 5.82 Å². The third kappa shape index (κ3) is 3.92. The molecule has 0 amide bonds. The van der Waals surface area contributed by atoms with Crippen LogP contribution < -0.4 is 0 Å². The first-order valence-electron chi connectivity index (χ1n) is 5.33. The molecule has 0 aliphatic rings. The number of aromatic amines is 1. The summed E-state index contributed by atoms with van der Waals surface area (Å²) in [5, 5.41) is 15.5. The molecule has 1 heterocycles. The standard InChI is InChI=1S/C12H10FN3O2S/c13-10-5-8(2-4-11(17)18)1-3-9(10)6-19-12-14-7-15-16-12/h1-5,7H,6H2,(H,17,18)(H,14,15,16)/b4-2+. The number of halogens is 1. The summed E-state index contributed by atoms with van der Waals surface area (Å²) in [5.74, 6) is -1.02. The van der Waals surface area contributed by atoms with Crippen LogP contribution in [0.2, 0.25) is 0 Å². The molecule has 0 radical (unpaired) electrons. The molecular weight excluding hydrogens is 269 g/mol. The van der Waals surface area contributed by atoms with Crippen molar-refractivity contribution in [3.63, 3.8) is 0 Å². The summed E-state index contributed by atoms with van der Waals surface area (Å²) in [6, 6.07) is 4.59. The lowest BCUT2D eigenvalue weighted by Gasteiger charge is -2.02. The Kier molecular flexibility index (Phi) is 4.30. The molecule has 0 unspecified atom stereocenters. The highest BCUT2D eigenvalue weighted by atomic mass is 32.2. The van der Waals surface area contributed by atoms with Gasteiger partial charge >= 0.3 is 5.97 Å². The number of hydrogen-bond donors (Lipinski definition) is 2. The lowest BCUT2D eigenvalue weighted by molar-refractivity contribution is -0.131. The molecule has 2 N–H and O–H groups in total. The number of rotatable bonds is 5. The van der Waals surface area contributed by atoms with E-state index >= 15 is 0 Å². The molecule has 0 spiro atoms. The number of carboxylic acids is 1. The van der Waals surface area contributed by atoms with Crippen LogP contribution in [-0.2, 0) is 10.5 Å². The van der Waals surface area contributed by atoms with Crippen LogP contribution in [0.1, 0.15) is 11.1 Å². The molecule has 0 bridgehead atoms. The third-order valence-electron chi connectivity index (χ3n) is 2.25. The van der Waals surface area contributed by atoms with E-state index in [9.17, 15) is 9.18 Å². The topological polar surface area (TPSA) is 78.9 Å². The van der Waals surface area contributed by atoms with Gasteiger partial charge in [-0.15, -0.1) is 0 Å². The second kappa shape index (κ2) is 6.14. The molecule has 2 aromatic rings. The number of thioether (sulfide) groups is 1. The number of carboxylic acid groups (broad SMARTS) is 1. The maximum Gasteiger partial charge on any atom is 0.328 e. The minimum absolute atomic E-state index is 0.375. The van der Waals surface area contributed by atoms with Gasteiger partial charge in [-0.25, -0.2) is 14.2 Å². The van der Waals surface area contributed by atoms with Crippen molar-refractivity contribution in [2.75, 3.05) is 0 Å². The smallest absolute Gasteiger partial charge is 0.328 e. The van der Waals surface area contributed by atoms with Crippen molar-refractivity contribution >= 4 is 23.8 Å². The molecule has 7 heteroatoms. The zero-order chi connectivity index (χ0) is 13.7. The maximum absolute atomic E-state index is 13.8. The van der Waals surface area contributed by atoms with Gasteiger partial charge in [0.1, 0.15) is 12.1 Å². The molecule has 0 saturated carbocycles. The zero-order valence-electron chi connectivity index (χ0n) is 9.71. The van der Waals surface area contributed by atoms with Crippen molar-refractivity contribution in [1.82, 2.24) is 15.2 Å². The van der Waals surface area contributed by atoms with Gasteiger partial charge in [-0.3, -0.25) is 5.10 Å². The Morgan fingerprint density at radius 2 is 2.37 bits per heavy atom. The maximum atomic E-state index is 13.8. The number of aliphatic carboxylic acids is 1. The second-order valence-electron chi connectivity index (χ2n) is 3.60. The summed E-state index contributed by atoms with van der Waals surface area (Å²) in [6.45, 7) is 0. The number of hydrogen-bond acceptors (Lipinski definition) is 4. The predicted octanol–water partition coefficient (Wildman–Crippen LogP) is 2.33. The Hall–Kier alpha value is -2.15. The first kappa shape index (κ1) is 13.3. The fraction of sp³-hybridized carbons (Fsp3) is 0.0833. The number of H-pyrrole nitrogens is 1. The van der Waals surface area contributed by atoms with E-state index in [4.69, 9.17) is 5.11 Å². The Bertz CT molecular complexity index is 599. The van der Waals surface area contributed by atoms with E-state index in [2.05, 4.69) is 15.2 Å². The van der Waals surface area contributed by atoms with Crippen LogP contribution in [0.3, 0.4) is 0 Å². The average molecular weight is 279 g/mol. The highest BCUT2D eigenvalue weighted by Gasteiger charge is 2.05. The lowest BCUT2D eigenvalue weighted by Crippen LogP contribution is -1.90. The van der Waals surface area contributed by atoms with Crippen LogP contribution in [0, 0.1) is 5.82 Å². The molecule has 5 nitrogen and oxygen atoms in total. The summed E-state index contributed by atoms with van der Waals surface area (Å²) < 4.78 is 13.8. The summed E-state index contributed by atoms with van der Waals surface area (Å²) in [7, 11) is 0. The molecule has 19 heavy (non-hydrogen) atoms. The molecule has 1 aromatic heterocycles. The van der Waals surface area contributed by atoms with Gasteiger partial charge in [-0.05, 0) is 23.3 Å². The van der Waals surface area contributed by atoms with Gasteiger partial charge in [0.05, 0.1) is 0 Å². The first-order chi connectivity index (χ1) is 9.15. The van der Waals surface area contributed by atoms with Crippen LogP contribution >= 0.6 is 11.8 Å². The highest BCUT2D eigenvalue weighted by Crippen LogP contribution is 2.21. The monoisotopic (exact) mass is 279 g/mol. The number of carbonyl (C=O) groups is 1. The average Bonchev–Trinajstić information content (AvgIpc) is 2.88. The number of nitrogens with zero attached hydrogens (tertiary/aromatic N) is 2. The van der Waals surface area contributed by atoms with Crippen molar-refractivity contribution in [2.45, 2.75) is 10.9 Å². The first-order valence-corrected chi connectivity index (χ1v) is 6.31. The van der Waals surface area contributed by atoms with Gasteiger partial charge in [-0.2, -0.15) is 5.10 Å². The summed E-state index contributed by atoms with van der Waals surface area (Å²) in [6.07, 6.45) is 3.70. The Morgan fingerprint density at radius 1 is 1.53 bits per heavy atom. The van der Waals surface area contributed by atoms with Crippen LogP contribution in [0.4, 0.5) is 4.39 Å². The molecule has 0 aliphatic carbocycles. The van der Waals surface area contributed by atoms with E-state index in [1.807, 2.05) is 0 Å². The Labute approximate surface area is 112 Å². The van der Waals surface area contributed by atoms with E-state index < -0.39 is 5.97 Å². The van der Waals surface area contributed by atoms with Gasteiger partial charge in [0, 0.05) is 11.8 Å². The zero-order valence-corrected chi connectivity index (χ0v) is 10.5. The van der Waals surface area contributed by atoms with Gasteiger partial charge in [0.15, 0.2) is 5.16 Å². The predicted molar refractivity (Wildman–Crippen MR) is 69.0 cm³/mol. The van der Waals surface area contributed by atoms with Crippen molar-refractivity contribution < 1.29 is 14.3 Å². The Morgan fingerprint density at radius 3 is 3.00 bits per heavy atom. The second-order valence-corrected chi connectivity index (χ2v) is 4.57. The minimum atomic E-state index is -1.06. The fourth-order valence-electron chi connectivity index (χ4n) is 1.36. The van der Waals surface area contributed by atoms with Crippen molar-refractivity contribution in [3.05, 3.63) is 47.5 Å². The van der Waals surface area contributed by atoms with Crippen molar-refractivity contribution in [1.29, 1.82) is 0 Å². The third-order valence-corrected chi connectivity index (χ3v) is 3.18. The van der Waals surface area contributed by atoms with Gasteiger partial charge in [-0.1, -0.05) is 23.9 Å². The normalized spacial score (nSPS) is 11.0. The summed E-state index contributed by atoms with van der Waals surface area (Å²) >= 11 is 1.34. The number of aromatic nitrogens is 3. The fourth-order valence-corrected chi connectivity index (χ4v) is 2.13. The number of nitrogens with one attached hydrogen (secondary N) is 1. The van der Waals surface area contributed by atoms with E-state index in [1.165, 1.54) is 30.2 Å². The molecule has 2 rings (SSSR count). The van der Waals surface area contributed by atoms with Gasteiger partial charge in [0.25, 0.3) is 0 Å². The Balaban J connectivity index is 2.04. The molecule has 1 aromatic carbocycles. The molecule has 0 fully saturated rings. The van der Waals surface area contributed by atoms with Crippen LogP contribution in [-0.4, -0.2) is 26.3 Å².